The number of hydrogen-bond donors (Lipinski definition) is 3. The highest BCUT2D eigenvalue weighted by Gasteiger charge is 2.33. The molecule has 0 saturated heterocycles. The Morgan fingerprint density at radius 2 is 0.949 bits per heavy atom. The van der Waals surface area contributed by atoms with Crippen molar-refractivity contribution in [1.82, 2.24) is 16.0 Å². The van der Waals surface area contributed by atoms with Gasteiger partial charge in [-0.05, 0) is 35.8 Å². The Balaban J connectivity index is 2.41. The molecule has 0 saturated carbocycles. The number of carbonyl (C=O) groups excluding carboxylic acids is 4. The number of nitrogens with one attached hydrogen (secondary N) is 3. The maximum absolute atomic E-state index is 13.6. The van der Waals surface area contributed by atoms with Gasteiger partial charge < -0.3 is 20.1 Å². The van der Waals surface area contributed by atoms with Crippen LogP contribution in [0.25, 0.3) is 0 Å². The van der Waals surface area contributed by atoms with Crippen LogP contribution >= 0.6 is 0 Å². The van der Waals surface area contributed by atoms with Crippen molar-refractivity contribution in [3.63, 3.8) is 0 Å². The van der Waals surface area contributed by atoms with Crippen LogP contribution in [0.1, 0.15) is 38.8 Å². The molecule has 0 unspecified atom stereocenters. The average molecular weight is 540 g/mol. The van der Waals surface area contributed by atoms with Gasteiger partial charge >= 0.3 is 11.9 Å². The molecule has 0 fully saturated rings. The van der Waals surface area contributed by atoms with Gasteiger partial charge in [0.2, 0.25) is 11.8 Å². The summed E-state index contributed by atoms with van der Waals surface area (Å²) in [6.07, 6.45) is 0.531. The van der Waals surface area contributed by atoms with E-state index in [4.69, 9.17) is 9.47 Å². The fourth-order valence-electron chi connectivity index (χ4n) is 4.15. The molecule has 0 radical (unpaired) electrons. The molecule has 2 amide bonds. The summed E-state index contributed by atoms with van der Waals surface area (Å²) in [5.74, 6) is -2.41. The number of rotatable bonds is 14. The number of carbonyl (C=O) groups is 4. The normalized spacial score (nSPS) is 14.2. The number of methoxy groups -OCH3 is 2. The fourth-order valence-corrected chi connectivity index (χ4v) is 4.15. The van der Waals surface area contributed by atoms with Gasteiger partial charge in [0.05, 0.1) is 26.3 Å². The van der Waals surface area contributed by atoms with Gasteiger partial charge in [0, 0.05) is 0 Å². The monoisotopic (exact) mass is 539 g/mol. The molecule has 0 aliphatic rings. The van der Waals surface area contributed by atoms with Crippen LogP contribution < -0.4 is 16.0 Å². The summed E-state index contributed by atoms with van der Waals surface area (Å²) in [4.78, 5) is 51.9. The summed E-state index contributed by atoms with van der Waals surface area (Å²) >= 11 is 0. The lowest BCUT2D eigenvalue weighted by Crippen LogP contribution is -2.59. The number of hydrogen-bond acceptors (Lipinski definition) is 7. The van der Waals surface area contributed by atoms with E-state index in [0.29, 0.717) is 0 Å². The first-order chi connectivity index (χ1) is 18.6. The van der Waals surface area contributed by atoms with Gasteiger partial charge in [-0.15, -0.1) is 0 Å². The van der Waals surface area contributed by atoms with Crippen molar-refractivity contribution < 1.29 is 28.7 Å². The fraction of sp³-hybridized carbons (Fsp3) is 0.467. The van der Waals surface area contributed by atoms with Gasteiger partial charge in [0.15, 0.2) is 0 Å². The maximum atomic E-state index is 13.6. The van der Waals surface area contributed by atoms with Crippen molar-refractivity contribution in [1.29, 1.82) is 0 Å². The maximum Gasteiger partial charge on any atom is 0.328 e. The van der Waals surface area contributed by atoms with E-state index in [0.717, 1.165) is 11.1 Å². The Morgan fingerprint density at radius 1 is 0.615 bits per heavy atom. The molecule has 9 heteroatoms. The van der Waals surface area contributed by atoms with Gasteiger partial charge in [0.25, 0.3) is 0 Å². The third kappa shape index (κ3) is 9.83. The molecular weight excluding hydrogens is 498 g/mol. The molecule has 2 aromatic carbocycles. The van der Waals surface area contributed by atoms with Crippen LogP contribution in [0, 0.1) is 11.8 Å². The summed E-state index contributed by atoms with van der Waals surface area (Å²) in [7, 11) is 2.55. The van der Waals surface area contributed by atoms with Crippen molar-refractivity contribution in [2.24, 2.45) is 11.8 Å². The minimum Gasteiger partial charge on any atom is -0.467 e. The van der Waals surface area contributed by atoms with Crippen LogP contribution in [0.4, 0.5) is 0 Å². The van der Waals surface area contributed by atoms with Crippen LogP contribution in [0.15, 0.2) is 60.7 Å². The molecule has 0 aliphatic heterocycles. The third-order valence-electron chi connectivity index (χ3n) is 6.44. The van der Waals surface area contributed by atoms with E-state index in [2.05, 4.69) is 16.0 Å². The SMILES string of the molecule is COC(=O)[C@@H](NC(=O)[C@H](Cc1ccccc1)N[C@@H](Cc1ccccc1)C(=O)N[C@H](C(=O)OC)C(C)C)C(C)C. The van der Waals surface area contributed by atoms with Crippen LogP contribution in [-0.4, -0.2) is 62.1 Å². The summed E-state index contributed by atoms with van der Waals surface area (Å²) in [5, 5.41) is 8.83. The number of esters is 2. The Labute approximate surface area is 231 Å². The molecule has 0 spiro atoms. The van der Waals surface area contributed by atoms with Crippen LogP contribution in [0.5, 0.6) is 0 Å². The molecule has 0 heterocycles. The molecule has 0 bridgehead atoms. The molecule has 212 valence electrons. The lowest BCUT2D eigenvalue weighted by Gasteiger charge is -2.29. The van der Waals surface area contributed by atoms with Crippen molar-refractivity contribution in [2.45, 2.75) is 64.7 Å². The zero-order valence-corrected chi connectivity index (χ0v) is 23.6. The molecule has 9 nitrogen and oxygen atoms in total. The van der Waals surface area contributed by atoms with E-state index in [9.17, 15) is 19.2 Å². The van der Waals surface area contributed by atoms with Gasteiger partial charge in [-0.2, -0.15) is 0 Å². The quantitative estimate of drug-likeness (QED) is 0.315. The summed E-state index contributed by atoms with van der Waals surface area (Å²) < 4.78 is 9.78. The van der Waals surface area contributed by atoms with E-state index in [1.807, 2.05) is 88.4 Å². The lowest BCUT2D eigenvalue weighted by molar-refractivity contribution is -0.146. The first-order valence-corrected chi connectivity index (χ1v) is 13.2. The summed E-state index contributed by atoms with van der Waals surface area (Å²) in [6.45, 7) is 7.25. The Kier molecular flexibility index (Phi) is 12.6. The number of amides is 2. The smallest absolute Gasteiger partial charge is 0.328 e. The molecule has 39 heavy (non-hydrogen) atoms. The molecule has 2 aromatic rings. The molecule has 4 atom stereocenters. The predicted octanol–water partition coefficient (Wildman–Crippen LogP) is 2.43. The van der Waals surface area contributed by atoms with Gasteiger partial charge in [-0.3, -0.25) is 14.9 Å². The van der Waals surface area contributed by atoms with Crippen LogP contribution in [0.2, 0.25) is 0 Å². The predicted molar refractivity (Wildman–Crippen MR) is 149 cm³/mol. The van der Waals surface area contributed by atoms with Crippen molar-refractivity contribution in [3.8, 4) is 0 Å². The highest BCUT2D eigenvalue weighted by molar-refractivity contribution is 5.90. The highest BCUT2D eigenvalue weighted by atomic mass is 16.5. The van der Waals surface area contributed by atoms with Crippen molar-refractivity contribution in [2.75, 3.05) is 14.2 Å². The summed E-state index contributed by atoms with van der Waals surface area (Å²) in [5.41, 5.74) is 1.75. The minimum atomic E-state index is -0.867. The Morgan fingerprint density at radius 3 is 1.23 bits per heavy atom. The first kappa shape index (κ1) is 31.5. The third-order valence-corrected chi connectivity index (χ3v) is 6.44. The number of ether oxygens (including phenoxy) is 2. The van der Waals surface area contributed by atoms with Crippen LogP contribution in [0.3, 0.4) is 0 Å². The summed E-state index contributed by atoms with van der Waals surface area (Å²) in [6, 6.07) is 15.3. The van der Waals surface area contributed by atoms with Gasteiger partial charge in [0.1, 0.15) is 12.1 Å². The minimum absolute atomic E-state index is 0.214. The van der Waals surface area contributed by atoms with Gasteiger partial charge in [-0.25, -0.2) is 9.59 Å². The second-order valence-corrected chi connectivity index (χ2v) is 10.2. The van der Waals surface area contributed by atoms with Crippen LogP contribution in [-0.2, 0) is 41.5 Å². The standard InChI is InChI=1S/C30H41N3O6/c1-19(2)25(29(36)38-5)32-27(34)23(17-21-13-9-7-10-14-21)31-24(18-22-15-11-8-12-16-22)28(35)33-26(20(3)4)30(37)39-6/h7-16,19-20,23-26,31H,17-18H2,1-6H3,(H,32,34)(H,33,35)/t23-,24-,25-,26-/m0/s1. The number of benzene rings is 2. The van der Waals surface area contributed by atoms with Gasteiger partial charge in [-0.1, -0.05) is 88.4 Å². The average Bonchev–Trinajstić information content (AvgIpc) is 2.93. The molecule has 0 aliphatic carbocycles. The van der Waals surface area contributed by atoms with Crippen molar-refractivity contribution >= 4 is 23.8 Å². The van der Waals surface area contributed by atoms with Crippen molar-refractivity contribution in [3.05, 3.63) is 71.8 Å². The van der Waals surface area contributed by atoms with E-state index in [1.165, 1.54) is 14.2 Å². The Hall–Kier alpha value is -3.72. The second kappa shape index (κ2) is 15.6. The largest absolute Gasteiger partial charge is 0.467 e. The first-order valence-electron chi connectivity index (χ1n) is 13.2. The second-order valence-electron chi connectivity index (χ2n) is 10.2. The molecule has 3 N–H and O–H groups in total. The molecule has 2 rings (SSSR count). The molecular formula is C30H41N3O6. The zero-order chi connectivity index (χ0) is 28.9. The topological polar surface area (TPSA) is 123 Å². The Bertz CT molecular complexity index is 989. The van der Waals surface area contributed by atoms with E-state index in [-0.39, 0.29) is 24.7 Å². The van der Waals surface area contributed by atoms with E-state index < -0.39 is 47.9 Å². The zero-order valence-electron chi connectivity index (χ0n) is 23.6. The molecule has 0 aromatic heterocycles. The lowest BCUT2D eigenvalue weighted by atomic mass is 9.98. The van der Waals surface area contributed by atoms with E-state index >= 15 is 0 Å². The van der Waals surface area contributed by atoms with E-state index in [1.54, 1.807) is 0 Å². The highest BCUT2D eigenvalue weighted by Crippen LogP contribution is 2.12.